The molecule has 0 saturated carbocycles. The molecule has 1 fully saturated rings. The van der Waals surface area contributed by atoms with Crippen LogP contribution in [0.15, 0.2) is 60.7 Å². The Morgan fingerprint density at radius 3 is 2.41 bits per heavy atom. The van der Waals surface area contributed by atoms with Gasteiger partial charge in [-0.15, -0.1) is 13.2 Å². The van der Waals surface area contributed by atoms with E-state index in [0.717, 1.165) is 32.5 Å². The Labute approximate surface area is 168 Å². The van der Waals surface area contributed by atoms with Crippen molar-refractivity contribution in [3.8, 4) is 5.75 Å². The summed E-state index contributed by atoms with van der Waals surface area (Å²) in [4.78, 5) is 14.5. The number of carbonyl (C=O) groups is 1. The molecule has 0 aromatic heterocycles. The number of hydrogen-bond donors (Lipinski definition) is 1. The number of rotatable bonds is 6. The summed E-state index contributed by atoms with van der Waals surface area (Å²) in [5.74, 6) is -0.661. The lowest BCUT2D eigenvalue weighted by Gasteiger charge is -2.32. The Kier molecular flexibility index (Phi) is 6.93. The van der Waals surface area contributed by atoms with E-state index in [9.17, 15) is 18.0 Å². The van der Waals surface area contributed by atoms with E-state index in [1.54, 1.807) is 6.07 Å². The van der Waals surface area contributed by atoms with E-state index in [2.05, 4.69) is 27.1 Å². The highest BCUT2D eigenvalue weighted by molar-refractivity contribution is 5.92. The summed E-state index contributed by atoms with van der Waals surface area (Å²) in [6.45, 7) is 2.65. The molecule has 1 heterocycles. The molecule has 2 aromatic carbocycles. The second kappa shape index (κ2) is 9.60. The van der Waals surface area contributed by atoms with Crippen LogP contribution in [0.4, 0.5) is 13.2 Å². The topological polar surface area (TPSA) is 41.6 Å². The molecule has 0 unspecified atom stereocenters. The van der Waals surface area contributed by atoms with Gasteiger partial charge in [0, 0.05) is 37.3 Å². The molecule has 4 nitrogen and oxygen atoms in total. The maximum atomic E-state index is 12.5. The second-order valence-electron chi connectivity index (χ2n) is 6.96. The van der Waals surface area contributed by atoms with E-state index in [4.69, 9.17) is 0 Å². The minimum Gasteiger partial charge on any atom is -0.405 e. The zero-order chi connectivity index (χ0) is 20.7. The number of piperidine rings is 1. The van der Waals surface area contributed by atoms with Gasteiger partial charge in [0.25, 0.3) is 0 Å². The van der Waals surface area contributed by atoms with Crippen LogP contribution >= 0.6 is 0 Å². The van der Waals surface area contributed by atoms with Gasteiger partial charge < -0.3 is 10.1 Å². The first kappa shape index (κ1) is 20.9. The van der Waals surface area contributed by atoms with E-state index >= 15 is 0 Å². The van der Waals surface area contributed by atoms with Crippen molar-refractivity contribution in [3.63, 3.8) is 0 Å². The SMILES string of the molecule is O=C(/C=C/c1ccccc1OC(F)(F)F)NC1CCN(Cc2ccccc2)CC1. The number of para-hydroxylation sites is 1. The fourth-order valence-corrected chi connectivity index (χ4v) is 3.33. The van der Waals surface area contributed by atoms with Crippen LogP contribution in [0.3, 0.4) is 0 Å². The summed E-state index contributed by atoms with van der Waals surface area (Å²) in [5.41, 5.74) is 1.45. The van der Waals surface area contributed by atoms with Gasteiger partial charge in [-0.05, 0) is 30.5 Å². The van der Waals surface area contributed by atoms with Gasteiger partial charge >= 0.3 is 6.36 Å². The molecule has 1 aliphatic heterocycles. The van der Waals surface area contributed by atoms with Crippen LogP contribution in [0.5, 0.6) is 5.75 Å². The molecule has 0 spiro atoms. The van der Waals surface area contributed by atoms with Gasteiger partial charge in [0.2, 0.25) is 5.91 Å². The van der Waals surface area contributed by atoms with Crippen LogP contribution in [0.2, 0.25) is 0 Å². The number of halogens is 3. The van der Waals surface area contributed by atoms with Crippen molar-refractivity contribution in [3.05, 3.63) is 71.8 Å². The number of nitrogens with zero attached hydrogens (tertiary/aromatic N) is 1. The van der Waals surface area contributed by atoms with Gasteiger partial charge in [-0.3, -0.25) is 9.69 Å². The number of hydrogen-bond acceptors (Lipinski definition) is 3. The first-order chi connectivity index (χ1) is 13.9. The van der Waals surface area contributed by atoms with Crippen LogP contribution in [0.1, 0.15) is 24.0 Å². The summed E-state index contributed by atoms with van der Waals surface area (Å²) >= 11 is 0. The van der Waals surface area contributed by atoms with Crippen molar-refractivity contribution < 1.29 is 22.7 Å². The van der Waals surface area contributed by atoms with Crippen molar-refractivity contribution in [1.29, 1.82) is 0 Å². The molecule has 0 aliphatic carbocycles. The minimum absolute atomic E-state index is 0.0563. The molecule has 1 saturated heterocycles. The highest BCUT2D eigenvalue weighted by atomic mass is 19.4. The van der Waals surface area contributed by atoms with E-state index in [0.29, 0.717) is 0 Å². The van der Waals surface area contributed by atoms with Crippen molar-refractivity contribution >= 4 is 12.0 Å². The van der Waals surface area contributed by atoms with Crippen LogP contribution in [-0.4, -0.2) is 36.3 Å². The zero-order valence-electron chi connectivity index (χ0n) is 15.9. The lowest BCUT2D eigenvalue weighted by molar-refractivity contribution is -0.274. The summed E-state index contributed by atoms with van der Waals surface area (Å²) in [5, 5.41) is 2.93. The normalized spacial score (nSPS) is 16.1. The van der Waals surface area contributed by atoms with Gasteiger partial charge in [-0.1, -0.05) is 48.5 Å². The molecule has 1 N–H and O–H groups in total. The first-order valence-corrected chi connectivity index (χ1v) is 9.49. The molecule has 29 heavy (non-hydrogen) atoms. The predicted octanol–water partition coefficient (Wildman–Crippen LogP) is 4.38. The third-order valence-corrected chi connectivity index (χ3v) is 4.74. The number of amides is 1. The third-order valence-electron chi connectivity index (χ3n) is 4.74. The molecule has 0 bridgehead atoms. The van der Waals surface area contributed by atoms with Gasteiger partial charge in [-0.2, -0.15) is 0 Å². The highest BCUT2D eigenvalue weighted by Crippen LogP contribution is 2.27. The summed E-state index contributed by atoms with van der Waals surface area (Å²) in [6.07, 6.45) is -0.532. The second-order valence-corrected chi connectivity index (χ2v) is 6.96. The largest absolute Gasteiger partial charge is 0.573 e. The Morgan fingerprint density at radius 2 is 1.72 bits per heavy atom. The van der Waals surface area contributed by atoms with Gasteiger partial charge in [0.05, 0.1) is 0 Å². The standard InChI is InChI=1S/C22H23F3N2O2/c23-22(24,25)29-20-9-5-4-8-18(20)10-11-21(28)26-19-12-14-27(15-13-19)16-17-6-2-1-3-7-17/h1-11,19H,12-16H2,(H,26,28)/b11-10+. The quantitative estimate of drug-likeness (QED) is 0.727. The maximum absolute atomic E-state index is 12.5. The molecule has 0 radical (unpaired) electrons. The first-order valence-electron chi connectivity index (χ1n) is 9.49. The van der Waals surface area contributed by atoms with Crippen molar-refractivity contribution in [2.75, 3.05) is 13.1 Å². The third kappa shape index (κ3) is 6.94. The van der Waals surface area contributed by atoms with Crippen LogP contribution < -0.4 is 10.1 Å². The molecular formula is C22H23F3N2O2. The van der Waals surface area contributed by atoms with Crippen LogP contribution in [-0.2, 0) is 11.3 Å². The molecular weight excluding hydrogens is 381 g/mol. The van der Waals surface area contributed by atoms with Gasteiger partial charge in [-0.25, -0.2) is 0 Å². The van der Waals surface area contributed by atoms with E-state index < -0.39 is 6.36 Å². The van der Waals surface area contributed by atoms with Crippen molar-refractivity contribution in [2.45, 2.75) is 31.8 Å². The average molecular weight is 404 g/mol. The number of likely N-dealkylation sites (tertiary alicyclic amines) is 1. The predicted molar refractivity (Wildman–Crippen MR) is 105 cm³/mol. The molecule has 2 aromatic rings. The van der Waals surface area contributed by atoms with E-state index in [-0.39, 0.29) is 23.3 Å². The van der Waals surface area contributed by atoms with E-state index in [1.165, 1.54) is 35.9 Å². The van der Waals surface area contributed by atoms with E-state index in [1.807, 2.05) is 18.2 Å². The Hall–Kier alpha value is -2.80. The summed E-state index contributed by atoms with van der Waals surface area (Å²) in [6, 6.07) is 16.0. The van der Waals surface area contributed by atoms with Gasteiger partial charge in [0.15, 0.2) is 0 Å². The molecule has 154 valence electrons. The fourth-order valence-electron chi connectivity index (χ4n) is 3.33. The molecule has 0 atom stereocenters. The summed E-state index contributed by atoms with van der Waals surface area (Å²) < 4.78 is 41.4. The smallest absolute Gasteiger partial charge is 0.405 e. The Morgan fingerprint density at radius 1 is 1.07 bits per heavy atom. The minimum atomic E-state index is -4.78. The monoisotopic (exact) mass is 404 g/mol. The Balaban J connectivity index is 1.48. The zero-order valence-corrected chi connectivity index (χ0v) is 15.9. The number of benzene rings is 2. The fraction of sp³-hybridized carbons (Fsp3) is 0.318. The Bertz CT molecular complexity index is 829. The number of nitrogens with one attached hydrogen (secondary N) is 1. The number of ether oxygens (including phenoxy) is 1. The van der Waals surface area contributed by atoms with Crippen molar-refractivity contribution in [1.82, 2.24) is 10.2 Å². The van der Waals surface area contributed by atoms with Gasteiger partial charge in [0.1, 0.15) is 5.75 Å². The number of alkyl halides is 3. The van der Waals surface area contributed by atoms with Crippen LogP contribution in [0.25, 0.3) is 6.08 Å². The lowest BCUT2D eigenvalue weighted by atomic mass is 10.0. The maximum Gasteiger partial charge on any atom is 0.573 e. The van der Waals surface area contributed by atoms with Crippen LogP contribution in [0, 0.1) is 0 Å². The molecule has 1 aliphatic rings. The summed E-state index contributed by atoms with van der Waals surface area (Å²) in [7, 11) is 0. The molecule has 3 rings (SSSR count). The number of carbonyl (C=O) groups excluding carboxylic acids is 1. The molecule has 7 heteroatoms. The highest BCUT2D eigenvalue weighted by Gasteiger charge is 2.31. The average Bonchev–Trinajstić information content (AvgIpc) is 2.68. The lowest BCUT2D eigenvalue weighted by Crippen LogP contribution is -2.43. The van der Waals surface area contributed by atoms with Crippen molar-refractivity contribution in [2.24, 2.45) is 0 Å². The molecule has 1 amide bonds.